The van der Waals surface area contributed by atoms with Crippen LogP contribution in [0.15, 0.2) is 4.99 Å². The second kappa shape index (κ2) is 12.7. The molecule has 29 heavy (non-hydrogen) atoms. The van der Waals surface area contributed by atoms with Crippen LogP contribution in [-0.2, 0) is 24.1 Å². The number of aliphatic imine (C=N–C) groups is 1. The molecule has 2 N–H and O–H groups in total. The van der Waals surface area contributed by atoms with E-state index in [9.17, 15) is 0 Å². The smallest absolute Gasteiger partial charge is 0.190 e. The molecule has 1 aliphatic carbocycles. The zero-order valence-electron chi connectivity index (χ0n) is 18.2. The first kappa shape index (κ1) is 24.4. The van der Waals surface area contributed by atoms with E-state index in [1.807, 2.05) is 7.05 Å². The van der Waals surface area contributed by atoms with Crippen molar-refractivity contribution in [1.29, 1.82) is 0 Å². The summed E-state index contributed by atoms with van der Waals surface area (Å²) in [5, 5.41) is 15.9. The van der Waals surface area contributed by atoms with Crippen LogP contribution in [0.1, 0.15) is 69.4 Å². The second-order valence-electron chi connectivity index (χ2n) is 8.40. The van der Waals surface area contributed by atoms with Crippen molar-refractivity contribution in [3.8, 4) is 0 Å². The summed E-state index contributed by atoms with van der Waals surface area (Å²) in [7, 11) is 3.65. The number of hydrogen-bond acceptors (Lipinski definition) is 4. The first-order valence-electron chi connectivity index (χ1n) is 11.1. The van der Waals surface area contributed by atoms with Gasteiger partial charge in [0.25, 0.3) is 0 Å². The largest absolute Gasteiger partial charge is 0.385 e. The number of nitrogens with one attached hydrogen (secondary N) is 2. The lowest BCUT2D eigenvalue weighted by molar-refractivity contribution is 0.138. The Balaban J connectivity index is 0.00000300. The predicted molar refractivity (Wildman–Crippen MR) is 128 cm³/mol. The third-order valence-electron chi connectivity index (χ3n) is 6.41. The van der Waals surface area contributed by atoms with E-state index < -0.39 is 0 Å². The van der Waals surface area contributed by atoms with Crippen molar-refractivity contribution in [3.05, 3.63) is 11.6 Å². The number of aryl methyl sites for hydroxylation is 2. The highest BCUT2D eigenvalue weighted by Gasteiger charge is 2.33. The van der Waals surface area contributed by atoms with E-state index in [1.165, 1.54) is 50.8 Å². The summed E-state index contributed by atoms with van der Waals surface area (Å²) in [6.07, 6.45) is 13.3. The quantitative estimate of drug-likeness (QED) is 0.227. The van der Waals surface area contributed by atoms with Crippen LogP contribution in [0.3, 0.4) is 0 Å². The second-order valence-corrected chi connectivity index (χ2v) is 8.40. The zero-order valence-corrected chi connectivity index (χ0v) is 20.5. The van der Waals surface area contributed by atoms with Crippen LogP contribution >= 0.6 is 24.0 Å². The van der Waals surface area contributed by atoms with Gasteiger partial charge >= 0.3 is 0 Å². The molecule has 0 atom stereocenters. The molecule has 0 saturated heterocycles. The van der Waals surface area contributed by atoms with Crippen LogP contribution in [0.5, 0.6) is 0 Å². The summed E-state index contributed by atoms with van der Waals surface area (Å²) in [5.74, 6) is 3.23. The monoisotopic (exact) mass is 518 g/mol. The summed E-state index contributed by atoms with van der Waals surface area (Å²) >= 11 is 0. The number of ether oxygens (including phenoxy) is 1. The minimum atomic E-state index is 0. The maximum Gasteiger partial charge on any atom is 0.190 e. The van der Waals surface area contributed by atoms with Crippen molar-refractivity contribution < 1.29 is 4.74 Å². The van der Waals surface area contributed by atoms with Gasteiger partial charge in [0.15, 0.2) is 5.96 Å². The van der Waals surface area contributed by atoms with E-state index in [0.29, 0.717) is 5.41 Å². The van der Waals surface area contributed by atoms with E-state index in [4.69, 9.17) is 4.74 Å². The normalized spacial score (nSPS) is 18.6. The molecule has 8 heteroatoms. The molecule has 0 radical (unpaired) electrons. The summed E-state index contributed by atoms with van der Waals surface area (Å²) in [5.41, 5.74) is 0.368. The third-order valence-corrected chi connectivity index (χ3v) is 6.41. The van der Waals surface area contributed by atoms with Crippen molar-refractivity contribution >= 4 is 29.9 Å². The van der Waals surface area contributed by atoms with Crippen LogP contribution in [0, 0.1) is 5.41 Å². The fourth-order valence-electron chi connectivity index (χ4n) is 4.63. The lowest BCUT2D eigenvalue weighted by atomic mass is 9.83. The Morgan fingerprint density at radius 3 is 2.72 bits per heavy atom. The van der Waals surface area contributed by atoms with Gasteiger partial charge in [-0.25, -0.2) is 0 Å². The summed E-state index contributed by atoms with van der Waals surface area (Å²) in [6.45, 7) is 3.80. The molecule has 3 rings (SSSR count). The van der Waals surface area contributed by atoms with Crippen molar-refractivity contribution in [2.24, 2.45) is 10.4 Å². The average Bonchev–Trinajstić information content (AvgIpc) is 3.27. The van der Waals surface area contributed by atoms with Gasteiger partial charge in [-0.15, -0.1) is 34.2 Å². The maximum absolute atomic E-state index is 5.34. The molecule has 0 unspecified atom stereocenters. The number of hydrogen-bond donors (Lipinski definition) is 2. The molecule has 2 heterocycles. The molecule has 1 aromatic rings. The Labute approximate surface area is 192 Å². The lowest BCUT2D eigenvalue weighted by Crippen LogP contribution is -2.43. The minimum Gasteiger partial charge on any atom is -0.385 e. The highest BCUT2D eigenvalue weighted by atomic mass is 127. The zero-order chi connectivity index (χ0) is 19.7. The SMILES string of the molecule is CN=C(NCCCc1nnc2n1CCCCC2)NCC1(CCOC)CCCC1.I. The topological polar surface area (TPSA) is 76.4 Å². The van der Waals surface area contributed by atoms with E-state index >= 15 is 0 Å². The summed E-state index contributed by atoms with van der Waals surface area (Å²) in [4.78, 5) is 4.41. The highest BCUT2D eigenvalue weighted by molar-refractivity contribution is 14.0. The van der Waals surface area contributed by atoms with Gasteiger partial charge in [-0.3, -0.25) is 4.99 Å². The van der Waals surface area contributed by atoms with Gasteiger partial charge in [0.05, 0.1) is 0 Å². The third kappa shape index (κ3) is 7.08. The highest BCUT2D eigenvalue weighted by Crippen LogP contribution is 2.40. The number of rotatable bonds is 9. The van der Waals surface area contributed by atoms with Crippen molar-refractivity contribution in [2.45, 2.75) is 77.2 Å². The first-order chi connectivity index (χ1) is 13.8. The predicted octanol–water partition coefficient (Wildman–Crippen LogP) is 3.32. The van der Waals surface area contributed by atoms with E-state index in [0.717, 1.165) is 63.7 Å². The van der Waals surface area contributed by atoms with Crippen LogP contribution < -0.4 is 10.6 Å². The van der Waals surface area contributed by atoms with Gasteiger partial charge < -0.3 is 19.9 Å². The molecule has 1 saturated carbocycles. The summed E-state index contributed by atoms with van der Waals surface area (Å²) < 4.78 is 7.68. The molecule has 1 aliphatic heterocycles. The maximum atomic E-state index is 5.34. The van der Waals surface area contributed by atoms with Crippen molar-refractivity contribution in [1.82, 2.24) is 25.4 Å². The summed E-state index contributed by atoms with van der Waals surface area (Å²) in [6, 6.07) is 0. The first-order valence-corrected chi connectivity index (χ1v) is 11.1. The van der Waals surface area contributed by atoms with E-state index in [2.05, 4.69) is 30.4 Å². The molecule has 0 bridgehead atoms. The lowest BCUT2D eigenvalue weighted by Gasteiger charge is -2.30. The Bertz CT molecular complexity index is 627. The molecule has 1 aromatic heterocycles. The molecule has 7 nitrogen and oxygen atoms in total. The molecule has 0 spiro atoms. The molecular weight excluding hydrogens is 479 g/mol. The number of aromatic nitrogens is 3. The van der Waals surface area contributed by atoms with Gasteiger partial charge in [0, 0.05) is 53.2 Å². The fourth-order valence-corrected chi connectivity index (χ4v) is 4.63. The molecule has 166 valence electrons. The number of guanidine groups is 1. The Hall–Kier alpha value is -0.900. The van der Waals surface area contributed by atoms with E-state index in [-0.39, 0.29) is 24.0 Å². The van der Waals surface area contributed by atoms with E-state index in [1.54, 1.807) is 7.11 Å². The standard InChI is InChI=1S/C21H38N6O.HI/c1-22-20(24-17-21(13-16-28-2)11-5-6-12-21)23-14-8-10-19-26-25-18-9-4-3-7-15-27(18)19;/h3-17H2,1-2H3,(H2,22,23,24);1H. The number of methoxy groups -OCH3 is 1. The fraction of sp³-hybridized carbons (Fsp3) is 0.857. The van der Waals surface area contributed by atoms with Crippen LogP contribution in [0.4, 0.5) is 0 Å². The molecular formula is C21H39IN6O. The molecule has 1 fully saturated rings. The van der Waals surface area contributed by atoms with Crippen LogP contribution in [0.25, 0.3) is 0 Å². The van der Waals surface area contributed by atoms with Crippen molar-refractivity contribution in [3.63, 3.8) is 0 Å². The number of nitrogens with zero attached hydrogens (tertiary/aromatic N) is 4. The van der Waals surface area contributed by atoms with Crippen molar-refractivity contribution in [2.75, 3.05) is 33.9 Å². The minimum absolute atomic E-state index is 0. The van der Waals surface area contributed by atoms with Crippen LogP contribution in [-0.4, -0.2) is 54.6 Å². The Kier molecular flexibility index (Phi) is 10.7. The van der Waals surface area contributed by atoms with Gasteiger partial charge in [0.2, 0.25) is 0 Å². The molecule has 2 aliphatic rings. The number of fused-ring (bicyclic) bond motifs is 1. The molecule has 0 amide bonds. The Morgan fingerprint density at radius 2 is 1.97 bits per heavy atom. The van der Waals surface area contributed by atoms with Gasteiger partial charge in [-0.1, -0.05) is 19.3 Å². The number of halogens is 1. The molecule has 0 aromatic carbocycles. The Morgan fingerprint density at radius 1 is 1.14 bits per heavy atom. The average molecular weight is 518 g/mol. The van der Waals surface area contributed by atoms with Crippen LogP contribution in [0.2, 0.25) is 0 Å². The van der Waals surface area contributed by atoms with Gasteiger partial charge in [0.1, 0.15) is 11.6 Å². The van der Waals surface area contributed by atoms with Gasteiger partial charge in [-0.2, -0.15) is 0 Å². The van der Waals surface area contributed by atoms with Gasteiger partial charge in [-0.05, 0) is 43.9 Å².